The van der Waals surface area contributed by atoms with Crippen LogP contribution < -0.4 is 5.01 Å². The molecule has 0 bridgehead atoms. The normalized spacial score (nSPS) is 11.3. The fourth-order valence-corrected chi connectivity index (χ4v) is 3.67. The summed E-state index contributed by atoms with van der Waals surface area (Å²) in [6.07, 6.45) is 1.52. The Balaban J connectivity index is 1.82. The number of anilines is 2. The molecule has 0 atom stereocenters. The number of para-hydroxylation sites is 2. The van der Waals surface area contributed by atoms with E-state index in [0.29, 0.717) is 5.56 Å². The maximum Gasteiger partial charge on any atom is 0.211 e. The summed E-state index contributed by atoms with van der Waals surface area (Å²) in [6.45, 7) is 2.01. The van der Waals surface area contributed by atoms with Crippen molar-refractivity contribution in [2.75, 3.05) is 5.01 Å². The zero-order valence-corrected chi connectivity index (χ0v) is 15.4. The van der Waals surface area contributed by atoms with E-state index in [2.05, 4.69) is 5.10 Å². The number of aryl methyl sites for hydroxylation is 1. The molecule has 0 saturated carbocycles. The summed E-state index contributed by atoms with van der Waals surface area (Å²) in [7, 11) is 0. The van der Waals surface area contributed by atoms with Gasteiger partial charge in [0.05, 0.1) is 22.1 Å². The van der Waals surface area contributed by atoms with Crippen LogP contribution in [0.3, 0.4) is 0 Å². The Morgan fingerprint density at radius 2 is 1.78 bits per heavy atom. The maximum absolute atomic E-state index is 10.0. The Morgan fingerprint density at radius 1 is 1.00 bits per heavy atom. The second kappa shape index (κ2) is 7.09. The number of hydrogen-bond donors (Lipinski definition) is 2. The van der Waals surface area contributed by atoms with E-state index in [4.69, 9.17) is 4.98 Å². The van der Waals surface area contributed by atoms with E-state index in [1.165, 1.54) is 24.4 Å². The van der Waals surface area contributed by atoms with Gasteiger partial charge in [0.25, 0.3) is 0 Å². The lowest BCUT2D eigenvalue weighted by atomic mass is 10.2. The summed E-state index contributed by atoms with van der Waals surface area (Å²) < 4.78 is 1.07. The molecule has 2 N–H and O–H groups in total. The van der Waals surface area contributed by atoms with E-state index in [-0.39, 0.29) is 11.5 Å². The first-order valence-corrected chi connectivity index (χ1v) is 9.21. The Morgan fingerprint density at radius 3 is 2.59 bits per heavy atom. The summed E-state index contributed by atoms with van der Waals surface area (Å²) in [4.78, 5) is 4.70. The number of phenols is 2. The Labute approximate surface area is 160 Å². The van der Waals surface area contributed by atoms with Crippen LogP contribution in [0.25, 0.3) is 10.2 Å². The van der Waals surface area contributed by atoms with E-state index in [9.17, 15) is 10.2 Å². The van der Waals surface area contributed by atoms with Crippen molar-refractivity contribution in [1.29, 1.82) is 0 Å². The molecule has 6 heteroatoms. The highest BCUT2D eigenvalue weighted by molar-refractivity contribution is 7.22. The molecule has 4 aromatic rings. The number of benzene rings is 3. The van der Waals surface area contributed by atoms with Crippen LogP contribution in [0.15, 0.2) is 71.8 Å². The molecule has 1 aromatic heterocycles. The number of thiazole rings is 1. The van der Waals surface area contributed by atoms with Gasteiger partial charge >= 0.3 is 0 Å². The Bertz CT molecular complexity index is 1100. The number of aromatic hydroxyl groups is 2. The molecule has 5 nitrogen and oxygen atoms in total. The topological polar surface area (TPSA) is 69.0 Å². The first-order chi connectivity index (χ1) is 13.1. The molecular weight excluding hydrogens is 358 g/mol. The van der Waals surface area contributed by atoms with E-state index >= 15 is 0 Å². The van der Waals surface area contributed by atoms with Crippen molar-refractivity contribution in [2.24, 2.45) is 5.10 Å². The van der Waals surface area contributed by atoms with Crippen molar-refractivity contribution in [1.82, 2.24) is 4.98 Å². The minimum atomic E-state index is 0.0468. The van der Waals surface area contributed by atoms with Crippen LogP contribution in [-0.4, -0.2) is 21.4 Å². The Kier molecular flexibility index (Phi) is 4.48. The quantitative estimate of drug-likeness (QED) is 0.293. The van der Waals surface area contributed by atoms with Crippen molar-refractivity contribution in [3.8, 4) is 11.5 Å². The standard InChI is InChI=1S/C21H17N3O2S/c1-14-6-2-4-8-18(14)24(21-23-17-7-3-5-9-20(17)27-21)22-13-15-12-16(25)10-11-19(15)26/h2-13,25-26H,1H3. The molecule has 0 fully saturated rings. The Hall–Kier alpha value is -3.38. The van der Waals surface area contributed by atoms with Crippen LogP contribution >= 0.6 is 11.3 Å². The van der Waals surface area contributed by atoms with Crippen molar-refractivity contribution in [3.63, 3.8) is 0 Å². The molecule has 0 aliphatic rings. The molecule has 0 aliphatic heterocycles. The van der Waals surface area contributed by atoms with Crippen LogP contribution in [0.4, 0.5) is 10.8 Å². The van der Waals surface area contributed by atoms with Gasteiger partial charge in [-0.2, -0.15) is 5.10 Å². The molecule has 0 amide bonds. The molecule has 0 saturated heterocycles. The molecule has 27 heavy (non-hydrogen) atoms. The van der Waals surface area contributed by atoms with Gasteiger partial charge in [-0.15, -0.1) is 0 Å². The van der Waals surface area contributed by atoms with Gasteiger partial charge < -0.3 is 10.2 Å². The van der Waals surface area contributed by atoms with Gasteiger partial charge in [-0.05, 0) is 48.9 Å². The highest BCUT2D eigenvalue weighted by atomic mass is 32.1. The third-order valence-electron chi connectivity index (χ3n) is 4.13. The number of hydrazone groups is 1. The van der Waals surface area contributed by atoms with Crippen LogP contribution in [-0.2, 0) is 0 Å². The lowest BCUT2D eigenvalue weighted by Crippen LogP contribution is -2.10. The average Bonchev–Trinajstić information content (AvgIpc) is 3.10. The average molecular weight is 375 g/mol. The number of fused-ring (bicyclic) bond motifs is 1. The summed E-state index contributed by atoms with van der Waals surface area (Å²) in [5.41, 5.74) is 3.28. The molecule has 0 unspecified atom stereocenters. The second-order valence-electron chi connectivity index (χ2n) is 6.05. The van der Waals surface area contributed by atoms with Gasteiger partial charge in [0.15, 0.2) is 0 Å². The molecule has 134 valence electrons. The lowest BCUT2D eigenvalue weighted by molar-refractivity contribution is 0.459. The maximum atomic E-state index is 10.0. The van der Waals surface area contributed by atoms with Gasteiger partial charge in [-0.25, -0.2) is 9.99 Å². The van der Waals surface area contributed by atoms with Gasteiger partial charge in [0.1, 0.15) is 11.5 Å². The molecule has 1 heterocycles. The third kappa shape index (κ3) is 3.47. The van der Waals surface area contributed by atoms with Crippen molar-refractivity contribution in [3.05, 3.63) is 77.9 Å². The highest BCUT2D eigenvalue weighted by Crippen LogP contribution is 2.35. The van der Waals surface area contributed by atoms with Crippen LogP contribution in [0.2, 0.25) is 0 Å². The fraction of sp³-hybridized carbons (Fsp3) is 0.0476. The summed E-state index contributed by atoms with van der Waals surface area (Å²) in [5.74, 6) is 0.113. The SMILES string of the molecule is Cc1ccccc1N(N=Cc1cc(O)ccc1O)c1nc2ccccc2s1. The van der Waals surface area contributed by atoms with Crippen molar-refractivity contribution >= 4 is 38.6 Å². The molecule has 0 radical (unpaired) electrons. The molecule has 4 rings (SSSR count). The third-order valence-corrected chi connectivity index (χ3v) is 5.14. The summed E-state index contributed by atoms with van der Waals surface area (Å²) in [5, 5.41) is 26.8. The molecule has 0 spiro atoms. The van der Waals surface area contributed by atoms with Crippen LogP contribution in [0.1, 0.15) is 11.1 Å². The number of hydrogen-bond acceptors (Lipinski definition) is 6. The lowest BCUT2D eigenvalue weighted by Gasteiger charge is -2.18. The minimum absolute atomic E-state index is 0.0468. The number of phenolic OH excluding ortho intramolecular Hbond substituents is 2. The monoisotopic (exact) mass is 375 g/mol. The second-order valence-corrected chi connectivity index (χ2v) is 7.06. The fourth-order valence-electron chi connectivity index (χ4n) is 2.73. The van der Waals surface area contributed by atoms with Crippen LogP contribution in [0.5, 0.6) is 11.5 Å². The van der Waals surface area contributed by atoms with Crippen molar-refractivity contribution < 1.29 is 10.2 Å². The number of rotatable bonds is 4. The summed E-state index contributed by atoms with van der Waals surface area (Å²) >= 11 is 1.54. The first kappa shape index (κ1) is 17.1. The van der Waals surface area contributed by atoms with Gasteiger partial charge in [-0.1, -0.05) is 41.7 Å². The highest BCUT2D eigenvalue weighted by Gasteiger charge is 2.15. The van der Waals surface area contributed by atoms with Gasteiger partial charge in [0, 0.05) is 5.56 Å². The van der Waals surface area contributed by atoms with E-state index in [1.807, 2.05) is 55.5 Å². The number of nitrogens with zero attached hydrogens (tertiary/aromatic N) is 3. The van der Waals surface area contributed by atoms with E-state index < -0.39 is 0 Å². The van der Waals surface area contributed by atoms with Crippen LogP contribution in [0, 0.1) is 6.92 Å². The molecule has 0 aliphatic carbocycles. The van der Waals surface area contributed by atoms with E-state index in [0.717, 1.165) is 26.6 Å². The summed E-state index contributed by atoms with van der Waals surface area (Å²) in [6, 6.07) is 20.2. The minimum Gasteiger partial charge on any atom is -0.508 e. The van der Waals surface area contributed by atoms with Gasteiger partial charge in [-0.3, -0.25) is 0 Å². The smallest absolute Gasteiger partial charge is 0.211 e. The predicted molar refractivity (Wildman–Crippen MR) is 110 cm³/mol. The van der Waals surface area contributed by atoms with Gasteiger partial charge in [0.2, 0.25) is 5.13 Å². The molecule has 3 aromatic carbocycles. The zero-order chi connectivity index (χ0) is 18.8. The number of aromatic nitrogens is 1. The predicted octanol–water partition coefficient (Wildman–Crippen LogP) is 5.19. The molecular formula is C21H17N3O2S. The zero-order valence-electron chi connectivity index (χ0n) is 14.6. The first-order valence-electron chi connectivity index (χ1n) is 8.39. The van der Waals surface area contributed by atoms with E-state index in [1.54, 1.807) is 16.3 Å². The van der Waals surface area contributed by atoms with Crippen molar-refractivity contribution in [2.45, 2.75) is 6.92 Å². The largest absolute Gasteiger partial charge is 0.508 e.